The lowest BCUT2D eigenvalue weighted by atomic mass is 9.99. The van der Waals surface area contributed by atoms with Crippen LogP contribution in [0.1, 0.15) is 18.5 Å². The maximum absolute atomic E-state index is 5.98. The lowest BCUT2D eigenvalue weighted by molar-refractivity contribution is 0.228. The largest absolute Gasteiger partial charge is 0.493 e. The minimum Gasteiger partial charge on any atom is -0.493 e. The van der Waals surface area contributed by atoms with Crippen molar-refractivity contribution in [2.75, 3.05) is 24.6 Å². The second-order valence-electron chi connectivity index (χ2n) is 6.62. The highest BCUT2D eigenvalue weighted by molar-refractivity contribution is 5.83. The smallest absolute Gasteiger partial charge is 0.165 e. The lowest BCUT2D eigenvalue weighted by Crippen LogP contribution is -2.38. The van der Waals surface area contributed by atoms with Gasteiger partial charge in [0.15, 0.2) is 17.0 Å². The number of hydrogen-bond acceptors (Lipinski definition) is 6. The van der Waals surface area contributed by atoms with E-state index in [1.165, 1.54) is 0 Å². The van der Waals surface area contributed by atoms with Crippen LogP contribution in [0.25, 0.3) is 11.2 Å². The molecule has 4 heterocycles. The van der Waals surface area contributed by atoms with Crippen LogP contribution in [0.2, 0.25) is 0 Å². The molecule has 0 bridgehead atoms. The number of imidazole rings is 1. The first kappa shape index (κ1) is 15.8. The summed E-state index contributed by atoms with van der Waals surface area (Å²) in [7, 11) is 1.95. The molecule has 0 aliphatic carbocycles. The molecule has 1 unspecified atom stereocenters. The van der Waals surface area contributed by atoms with E-state index in [1.54, 1.807) is 18.9 Å². The zero-order chi connectivity index (χ0) is 17.2. The minimum absolute atomic E-state index is 0.468. The Balaban J connectivity index is 1.47. The molecule has 130 valence electrons. The van der Waals surface area contributed by atoms with E-state index < -0.39 is 0 Å². The molecule has 25 heavy (non-hydrogen) atoms. The SMILES string of the molecule is Cc1cc(OCC2CCCN(c3ncnc4c3ncn4C)C2)ccn1. The van der Waals surface area contributed by atoms with Crippen LogP contribution in [0, 0.1) is 12.8 Å². The van der Waals surface area contributed by atoms with Gasteiger partial charge in [-0.3, -0.25) is 4.98 Å². The second kappa shape index (κ2) is 6.66. The summed E-state index contributed by atoms with van der Waals surface area (Å²) in [5, 5.41) is 0. The van der Waals surface area contributed by atoms with Crippen molar-refractivity contribution < 1.29 is 4.74 Å². The summed E-state index contributed by atoms with van der Waals surface area (Å²) in [4.78, 5) is 19.8. The van der Waals surface area contributed by atoms with Crippen molar-refractivity contribution in [3.8, 4) is 5.75 Å². The molecule has 4 rings (SSSR count). The van der Waals surface area contributed by atoms with Gasteiger partial charge in [0.25, 0.3) is 0 Å². The molecule has 1 atom stereocenters. The molecule has 1 aliphatic rings. The van der Waals surface area contributed by atoms with Crippen LogP contribution in [-0.4, -0.2) is 44.2 Å². The Labute approximate surface area is 146 Å². The van der Waals surface area contributed by atoms with E-state index in [0.29, 0.717) is 12.5 Å². The summed E-state index contributed by atoms with van der Waals surface area (Å²) in [6, 6.07) is 3.89. The number of piperidine rings is 1. The van der Waals surface area contributed by atoms with Crippen molar-refractivity contribution in [3.63, 3.8) is 0 Å². The van der Waals surface area contributed by atoms with Crippen LogP contribution in [0.15, 0.2) is 31.0 Å². The molecule has 0 saturated carbocycles. The Morgan fingerprint density at radius 3 is 3.04 bits per heavy atom. The van der Waals surface area contributed by atoms with E-state index in [1.807, 2.05) is 30.7 Å². The van der Waals surface area contributed by atoms with Crippen molar-refractivity contribution >= 4 is 17.0 Å². The molecule has 0 aromatic carbocycles. The standard InChI is InChI=1S/C18H22N6O/c1-13-8-15(5-6-19-13)25-10-14-4-3-7-24(9-14)18-16-17(20-11-21-18)23(2)12-22-16/h5-6,8,11-12,14H,3-4,7,9-10H2,1-2H3. The van der Waals surface area contributed by atoms with Gasteiger partial charge in [-0.05, 0) is 25.8 Å². The summed E-state index contributed by atoms with van der Waals surface area (Å²) in [5.41, 5.74) is 2.72. The van der Waals surface area contributed by atoms with E-state index in [0.717, 1.165) is 54.4 Å². The molecular formula is C18H22N6O. The molecule has 0 spiro atoms. The van der Waals surface area contributed by atoms with Crippen LogP contribution in [0.5, 0.6) is 5.75 Å². The number of nitrogens with zero attached hydrogens (tertiary/aromatic N) is 6. The third-order valence-corrected chi connectivity index (χ3v) is 4.65. The summed E-state index contributed by atoms with van der Waals surface area (Å²) in [6.45, 7) is 4.60. The van der Waals surface area contributed by atoms with Gasteiger partial charge in [0.05, 0.1) is 12.9 Å². The van der Waals surface area contributed by atoms with Crippen molar-refractivity contribution in [1.82, 2.24) is 24.5 Å². The van der Waals surface area contributed by atoms with Crippen molar-refractivity contribution in [2.45, 2.75) is 19.8 Å². The summed E-state index contributed by atoms with van der Waals surface area (Å²) >= 11 is 0. The van der Waals surface area contributed by atoms with E-state index in [9.17, 15) is 0 Å². The number of rotatable bonds is 4. The molecule has 1 saturated heterocycles. The molecule has 1 aliphatic heterocycles. The van der Waals surface area contributed by atoms with E-state index in [4.69, 9.17) is 4.74 Å². The molecular weight excluding hydrogens is 316 g/mol. The van der Waals surface area contributed by atoms with Gasteiger partial charge in [0.2, 0.25) is 0 Å². The van der Waals surface area contributed by atoms with Gasteiger partial charge >= 0.3 is 0 Å². The first-order valence-electron chi connectivity index (χ1n) is 8.63. The lowest BCUT2D eigenvalue weighted by Gasteiger charge is -2.33. The fourth-order valence-electron chi connectivity index (χ4n) is 3.38. The Hall–Kier alpha value is -2.70. The van der Waals surface area contributed by atoms with Crippen LogP contribution < -0.4 is 9.64 Å². The third kappa shape index (κ3) is 3.26. The average Bonchev–Trinajstić information content (AvgIpc) is 3.02. The Kier molecular flexibility index (Phi) is 4.21. The van der Waals surface area contributed by atoms with Gasteiger partial charge in [-0.2, -0.15) is 0 Å². The molecule has 7 heteroatoms. The van der Waals surface area contributed by atoms with Gasteiger partial charge in [-0.25, -0.2) is 15.0 Å². The highest BCUT2D eigenvalue weighted by atomic mass is 16.5. The number of anilines is 1. The van der Waals surface area contributed by atoms with Crippen LogP contribution >= 0.6 is 0 Å². The van der Waals surface area contributed by atoms with Gasteiger partial charge in [-0.1, -0.05) is 0 Å². The first-order chi connectivity index (χ1) is 12.2. The highest BCUT2D eigenvalue weighted by Crippen LogP contribution is 2.26. The molecule has 1 fully saturated rings. The normalized spacial score (nSPS) is 17.8. The predicted octanol–water partition coefficient (Wildman–Crippen LogP) is 2.36. The maximum Gasteiger partial charge on any atom is 0.165 e. The second-order valence-corrected chi connectivity index (χ2v) is 6.62. The van der Waals surface area contributed by atoms with Crippen molar-refractivity contribution in [1.29, 1.82) is 0 Å². The van der Waals surface area contributed by atoms with Crippen LogP contribution in [-0.2, 0) is 7.05 Å². The molecule has 7 nitrogen and oxygen atoms in total. The number of aryl methyl sites for hydroxylation is 2. The number of aromatic nitrogens is 5. The average molecular weight is 338 g/mol. The maximum atomic E-state index is 5.98. The molecule has 3 aromatic rings. The van der Waals surface area contributed by atoms with E-state index in [2.05, 4.69) is 24.8 Å². The number of ether oxygens (including phenoxy) is 1. The van der Waals surface area contributed by atoms with Gasteiger partial charge in [-0.15, -0.1) is 0 Å². The first-order valence-corrected chi connectivity index (χ1v) is 8.63. The minimum atomic E-state index is 0.468. The summed E-state index contributed by atoms with van der Waals surface area (Å²) in [6.07, 6.45) is 7.49. The highest BCUT2D eigenvalue weighted by Gasteiger charge is 2.24. The number of fused-ring (bicyclic) bond motifs is 1. The number of pyridine rings is 1. The molecule has 0 radical (unpaired) electrons. The zero-order valence-electron chi connectivity index (χ0n) is 14.6. The van der Waals surface area contributed by atoms with Gasteiger partial charge in [0, 0.05) is 44.0 Å². The van der Waals surface area contributed by atoms with Crippen molar-refractivity contribution in [2.24, 2.45) is 13.0 Å². The fourth-order valence-corrected chi connectivity index (χ4v) is 3.38. The predicted molar refractivity (Wildman–Crippen MR) is 95.7 cm³/mol. The number of hydrogen-bond donors (Lipinski definition) is 0. The zero-order valence-corrected chi connectivity index (χ0v) is 14.6. The molecule has 0 amide bonds. The van der Waals surface area contributed by atoms with Gasteiger partial charge < -0.3 is 14.2 Å². The fraction of sp³-hybridized carbons (Fsp3) is 0.444. The van der Waals surface area contributed by atoms with Gasteiger partial charge in [0.1, 0.15) is 12.1 Å². The Morgan fingerprint density at radius 1 is 1.24 bits per heavy atom. The quantitative estimate of drug-likeness (QED) is 0.727. The Bertz CT molecular complexity index is 877. The van der Waals surface area contributed by atoms with E-state index in [-0.39, 0.29) is 0 Å². The van der Waals surface area contributed by atoms with E-state index >= 15 is 0 Å². The summed E-state index contributed by atoms with van der Waals surface area (Å²) < 4.78 is 7.91. The monoisotopic (exact) mass is 338 g/mol. The molecule has 3 aromatic heterocycles. The topological polar surface area (TPSA) is 69.0 Å². The van der Waals surface area contributed by atoms with Crippen LogP contribution in [0.4, 0.5) is 5.82 Å². The molecule has 0 N–H and O–H groups in total. The van der Waals surface area contributed by atoms with Crippen molar-refractivity contribution in [3.05, 3.63) is 36.7 Å². The summed E-state index contributed by atoms with van der Waals surface area (Å²) in [5.74, 6) is 2.28. The van der Waals surface area contributed by atoms with Crippen LogP contribution in [0.3, 0.4) is 0 Å². The Morgan fingerprint density at radius 2 is 2.16 bits per heavy atom. The third-order valence-electron chi connectivity index (χ3n) is 4.65.